The van der Waals surface area contributed by atoms with Crippen LogP contribution in [0, 0.1) is 0 Å². The number of aromatic nitrogens is 2. The third-order valence-electron chi connectivity index (χ3n) is 4.46. The molecule has 1 aliphatic heterocycles. The van der Waals surface area contributed by atoms with E-state index in [1.54, 1.807) is 0 Å². The van der Waals surface area contributed by atoms with Gasteiger partial charge in [0.15, 0.2) is 0 Å². The molecule has 1 saturated heterocycles. The molecule has 1 N–H and O–H groups in total. The van der Waals surface area contributed by atoms with E-state index in [9.17, 15) is 4.79 Å². The summed E-state index contributed by atoms with van der Waals surface area (Å²) in [6, 6.07) is 7.97. The Morgan fingerprint density at radius 3 is 2.40 bits per heavy atom. The maximum atomic E-state index is 13.2. The van der Waals surface area contributed by atoms with E-state index in [0.29, 0.717) is 31.2 Å². The largest absolute Gasteiger partial charge is 0.381 e. The summed E-state index contributed by atoms with van der Waals surface area (Å²) in [7, 11) is 0. The lowest BCUT2D eigenvalue weighted by molar-refractivity contribution is -0.125. The van der Waals surface area contributed by atoms with E-state index in [2.05, 4.69) is 52.2 Å². The first-order valence-corrected chi connectivity index (χ1v) is 9.91. The third-order valence-corrected chi connectivity index (χ3v) is 6.26. The average Bonchev–Trinajstić information content (AvgIpc) is 3.05. The molecule has 5 nitrogen and oxygen atoms in total. The zero-order chi connectivity index (χ0) is 18.1. The van der Waals surface area contributed by atoms with Crippen molar-refractivity contribution in [1.82, 2.24) is 10.2 Å². The van der Waals surface area contributed by atoms with Gasteiger partial charge in [0.25, 0.3) is 0 Å². The molecule has 1 aliphatic rings. The molecular weight excluding hydrogens is 402 g/mol. The lowest BCUT2D eigenvalue weighted by Crippen LogP contribution is -2.44. The van der Waals surface area contributed by atoms with E-state index in [1.807, 2.05) is 24.3 Å². The summed E-state index contributed by atoms with van der Waals surface area (Å²) in [4.78, 5) is 13.2. The SMILES string of the molecule is CC(C)(C)c1nnc(NC(=O)C2(c3ccc(Br)cc3)CCOCC2)s1. The van der Waals surface area contributed by atoms with Crippen molar-refractivity contribution in [3.05, 3.63) is 39.3 Å². The minimum Gasteiger partial charge on any atom is -0.381 e. The molecule has 3 rings (SSSR count). The van der Waals surface area contributed by atoms with Crippen LogP contribution in [0.4, 0.5) is 5.13 Å². The average molecular weight is 424 g/mol. The summed E-state index contributed by atoms with van der Waals surface area (Å²) in [5.74, 6) is -0.0327. The Morgan fingerprint density at radius 1 is 1.20 bits per heavy atom. The molecule has 0 spiro atoms. The van der Waals surface area contributed by atoms with Crippen LogP contribution in [0.3, 0.4) is 0 Å². The van der Waals surface area contributed by atoms with Crippen LogP contribution in [0.2, 0.25) is 0 Å². The predicted octanol–water partition coefficient (Wildman–Crippen LogP) is 4.29. The molecule has 0 unspecified atom stereocenters. The van der Waals surface area contributed by atoms with Gasteiger partial charge in [0.05, 0.1) is 5.41 Å². The normalized spacial score (nSPS) is 17.3. The lowest BCUT2D eigenvalue weighted by Gasteiger charge is -2.36. The van der Waals surface area contributed by atoms with E-state index >= 15 is 0 Å². The van der Waals surface area contributed by atoms with Gasteiger partial charge in [0, 0.05) is 23.1 Å². The highest BCUT2D eigenvalue weighted by Gasteiger charge is 2.42. The van der Waals surface area contributed by atoms with Gasteiger partial charge in [0.2, 0.25) is 11.0 Å². The summed E-state index contributed by atoms with van der Waals surface area (Å²) in [5.41, 5.74) is 0.340. The van der Waals surface area contributed by atoms with Gasteiger partial charge in [-0.3, -0.25) is 10.1 Å². The van der Waals surface area contributed by atoms with Gasteiger partial charge in [-0.15, -0.1) is 10.2 Å². The quantitative estimate of drug-likeness (QED) is 0.799. The van der Waals surface area contributed by atoms with E-state index in [1.165, 1.54) is 11.3 Å². The first-order valence-electron chi connectivity index (χ1n) is 8.30. The van der Waals surface area contributed by atoms with Crippen molar-refractivity contribution in [2.45, 2.75) is 44.4 Å². The molecule has 2 aromatic rings. The van der Waals surface area contributed by atoms with E-state index in [-0.39, 0.29) is 11.3 Å². The van der Waals surface area contributed by atoms with Gasteiger partial charge in [-0.2, -0.15) is 0 Å². The van der Waals surface area contributed by atoms with Crippen molar-refractivity contribution in [1.29, 1.82) is 0 Å². The van der Waals surface area contributed by atoms with E-state index in [0.717, 1.165) is 15.0 Å². The number of nitrogens with one attached hydrogen (secondary N) is 1. The lowest BCUT2D eigenvalue weighted by atomic mass is 9.73. The van der Waals surface area contributed by atoms with Gasteiger partial charge in [-0.25, -0.2) is 0 Å². The van der Waals surface area contributed by atoms with Crippen molar-refractivity contribution in [2.75, 3.05) is 18.5 Å². The fraction of sp³-hybridized carbons (Fsp3) is 0.500. The monoisotopic (exact) mass is 423 g/mol. The van der Waals surface area contributed by atoms with Crippen LogP contribution in [0.1, 0.15) is 44.2 Å². The van der Waals surface area contributed by atoms with Gasteiger partial charge >= 0.3 is 0 Å². The minimum absolute atomic E-state index is 0.0327. The number of ether oxygens (including phenoxy) is 1. The number of hydrogen-bond donors (Lipinski definition) is 1. The Labute approximate surface area is 160 Å². The second kappa shape index (κ2) is 7.13. The van der Waals surface area contributed by atoms with Gasteiger partial charge in [-0.1, -0.05) is 60.2 Å². The Hall–Kier alpha value is -1.31. The number of hydrogen-bond acceptors (Lipinski definition) is 5. The van der Waals surface area contributed by atoms with Crippen LogP contribution in [0.15, 0.2) is 28.7 Å². The van der Waals surface area contributed by atoms with Gasteiger partial charge in [-0.05, 0) is 30.5 Å². The number of halogens is 1. The second-order valence-electron chi connectivity index (χ2n) is 7.32. The molecule has 25 heavy (non-hydrogen) atoms. The Kier molecular flexibility index (Phi) is 5.27. The summed E-state index contributed by atoms with van der Waals surface area (Å²) in [6.07, 6.45) is 1.32. The predicted molar refractivity (Wildman–Crippen MR) is 103 cm³/mol. The molecule has 7 heteroatoms. The molecule has 134 valence electrons. The number of nitrogens with zero attached hydrogens (tertiary/aromatic N) is 2. The van der Waals surface area contributed by atoms with Crippen molar-refractivity contribution in [3.8, 4) is 0 Å². The highest BCUT2D eigenvalue weighted by Crippen LogP contribution is 2.37. The number of rotatable bonds is 3. The van der Waals surface area contributed by atoms with E-state index < -0.39 is 5.41 Å². The molecule has 0 aliphatic carbocycles. The topological polar surface area (TPSA) is 64.1 Å². The summed E-state index contributed by atoms with van der Waals surface area (Å²) >= 11 is 4.89. The highest BCUT2D eigenvalue weighted by molar-refractivity contribution is 9.10. The van der Waals surface area contributed by atoms with Crippen LogP contribution in [-0.4, -0.2) is 29.3 Å². The van der Waals surface area contributed by atoms with Crippen LogP contribution in [0.25, 0.3) is 0 Å². The van der Waals surface area contributed by atoms with Crippen LogP contribution >= 0.6 is 27.3 Å². The molecule has 1 aromatic heterocycles. The smallest absolute Gasteiger partial charge is 0.237 e. The molecular formula is C18H22BrN3O2S. The Balaban J connectivity index is 1.87. The fourth-order valence-corrected chi connectivity index (χ4v) is 3.99. The van der Waals surface area contributed by atoms with Crippen molar-refractivity contribution >= 4 is 38.3 Å². The third kappa shape index (κ3) is 3.93. The number of benzene rings is 1. The minimum atomic E-state index is -0.591. The maximum Gasteiger partial charge on any atom is 0.237 e. The van der Waals surface area contributed by atoms with Crippen LogP contribution in [0.5, 0.6) is 0 Å². The zero-order valence-corrected chi connectivity index (χ0v) is 17.0. The summed E-state index contributed by atoms with van der Waals surface area (Å²) in [5, 5.41) is 12.8. The molecule has 1 amide bonds. The number of carbonyl (C=O) groups is 1. The Morgan fingerprint density at radius 2 is 1.84 bits per heavy atom. The highest BCUT2D eigenvalue weighted by atomic mass is 79.9. The number of anilines is 1. The van der Waals surface area contributed by atoms with Crippen molar-refractivity contribution in [3.63, 3.8) is 0 Å². The van der Waals surface area contributed by atoms with Gasteiger partial charge < -0.3 is 4.74 Å². The number of amides is 1. The van der Waals surface area contributed by atoms with Crippen molar-refractivity contribution in [2.24, 2.45) is 0 Å². The standard InChI is InChI=1S/C18H22BrN3O2S/c1-17(2,3)15-21-22-16(25-15)20-14(23)18(8-10-24-11-9-18)12-4-6-13(19)7-5-12/h4-7H,8-11H2,1-3H3,(H,20,22,23). The molecule has 2 heterocycles. The van der Waals surface area contributed by atoms with Crippen LogP contribution in [-0.2, 0) is 20.4 Å². The first-order chi connectivity index (χ1) is 11.8. The van der Waals surface area contributed by atoms with Crippen LogP contribution < -0.4 is 5.32 Å². The molecule has 0 atom stereocenters. The summed E-state index contributed by atoms with van der Waals surface area (Å²) in [6.45, 7) is 7.41. The molecule has 1 fully saturated rings. The van der Waals surface area contributed by atoms with Crippen molar-refractivity contribution < 1.29 is 9.53 Å². The second-order valence-corrected chi connectivity index (χ2v) is 9.21. The van der Waals surface area contributed by atoms with E-state index in [4.69, 9.17) is 4.74 Å². The molecule has 0 radical (unpaired) electrons. The molecule has 0 bridgehead atoms. The maximum absolute atomic E-state index is 13.2. The summed E-state index contributed by atoms with van der Waals surface area (Å²) < 4.78 is 6.50. The van der Waals surface area contributed by atoms with Gasteiger partial charge in [0.1, 0.15) is 5.01 Å². The zero-order valence-electron chi connectivity index (χ0n) is 14.6. The number of carbonyl (C=O) groups excluding carboxylic acids is 1. The molecule has 0 saturated carbocycles. The first kappa shape index (κ1) is 18.5. The molecule has 1 aromatic carbocycles. The fourth-order valence-electron chi connectivity index (χ4n) is 2.93. The Bertz CT molecular complexity index is 746.